The third-order valence-electron chi connectivity index (χ3n) is 11.5. The maximum absolute atomic E-state index is 13.0. The van der Waals surface area contributed by atoms with Gasteiger partial charge in [-0.15, -0.1) is 0 Å². The molecule has 0 aromatic carbocycles. The molecular formula is C26H41NO8. The average molecular weight is 496 g/mol. The van der Waals surface area contributed by atoms with Crippen molar-refractivity contribution >= 4 is 5.97 Å². The summed E-state index contributed by atoms with van der Waals surface area (Å²) >= 11 is 0. The van der Waals surface area contributed by atoms with Crippen LogP contribution in [0.2, 0.25) is 0 Å². The van der Waals surface area contributed by atoms with Gasteiger partial charge in [-0.2, -0.15) is 0 Å². The molecule has 5 aliphatic carbocycles. The second-order valence-corrected chi connectivity index (χ2v) is 12.3. The minimum atomic E-state index is -1.67. The van der Waals surface area contributed by atoms with E-state index in [1.807, 2.05) is 0 Å². The van der Waals surface area contributed by atoms with Crippen LogP contribution in [-0.2, 0) is 23.7 Å². The summed E-state index contributed by atoms with van der Waals surface area (Å²) in [6.45, 7) is 5.36. The number of piperidine rings is 1. The molecule has 5 saturated carbocycles. The van der Waals surface area contributed by atoms with Crippen molar-refractivity contribution in [2.45, 2.75) is 81.2 Å². The topological polar surface area (TPSA) is 118 Å². The molecule has 1 saturated heterocycles. The number of aliphatic hydroxyl groups excluding tert-OH is 1. The Morgan fingerprint density at radius 2 is 1.91 bits per heavy atom. The highest BCUT2D eigenvalue weighted by Crippen LogP contribution is 2.80. The summed E-state index contributed by atoms with van der Waals surface area (Å²) in [5.41, 5.74) is -4.31. The van der Waals surface area contributed by atoms with Gasteiger partial charge in [0.25, 0.3) is 0 Å². The minimum absolute atomic E-state index is 0.0979. The number of nitrogens with zero attached hydrogens (tertiary/aromatic N) is 1. The van der Waals surface area contributed by atoms with E-state index in [4.69, 9.17) is 18.9 Å². The Bertz CT molecular complexity index is 903. The minimum Gasteiger partial charge on any atom is -0.462 e. The van der Waals surface area contributed by atoms with Crippen molar-refractivity contribution in [3.05, 3.63) is 0 Å². The number of fused-ring (bicyclic) bond motifs is 2. The zero-order valence-electron chi connectivity index (χ0n) is 21.5. The van der Waals surface area contributed by atoms with Crippen molar-refractivity contribution in [2.24, 2.45) is 34.5 Å². The van der Waals surface area contributed by atoms with Gasteiger partial charge >= 0.3 is 5.97 Å². The summed E-state index contributed by atoms with van der Waals surface area (Å²) in [6.07, 6.45) is -0.0360. The number of carbonyl (C=O) groups excluding carboxylic acids is 1. The van der Waals surface area contributed by atoms with Crippen LogP contribution in [0.5, 0.6) is 0 Å². The van der Waals surface area contributed by atoms with E-state index < -0.39 is 52.9 Å². The van der Waals surface area contributed by atoms with Gasteiger partial charge in [0.1, 0.15) is 17.3 Å². The molecule has 6 fully saturated rings. The summed E-state index contributed by atoms with van der Waals surface area (Å²) < 4.78 is 23.8. The zero-order chi connectivity index (χ0) is 25.1. The predicted octanol–water partition coefficient (Wildman–Crippen LogP) is 0.188. The first-order chi connectivity index (χ1) is 16.6. The molecule has 7 bridgehead atoms. The van der Waals surface area contributed by atoms with E-state index in [0.29, 0.717) is 26.0 Å². The van der Waals surface area contributed by atoms with Crippen LogP contribution in [0.25, 0.3) is 0 Å². The molecule has 2 unspecified atom stereocenters. The fraction of sp³-hybridized carbons (Fsp3) is 0.962. The fourth-order valence-corrected chi connectivity index (χ4v) is 11.0. The molecular weight excluding hydrogens is 454 g/mol. The van der Waals surface area contributed by atoms with Gasteiger partial charge in [-0.25, -0.2) is 0 Å². The molecule has 1 heterocycles. The Morgan fingerprint density at radius 1 is 1.17 bits per heavy atom. The third-order valence-corrected chi connectivity index (χ3v) is 11.5. The number of carbonyl (C=O) groups is 1. The van der Waals surface area contributed by atoms with Crippen LogP contribution in [0.3, 0.4) is 0 Å². The lowest BCUT2D eigenvalue weighted by molar-refractivity contribution is -0.318. The third kappa shape index (κ3) is 2.48. The molecule has 9 nitrogen and oxygen atoms in total. The SMILES string of the molecule is CCN1C[C@]2(COC)CC[C@H](O)[C@]34C1[C@@](O)([C@@H](OC)[C@H]23)[C@@]1(O)C[C@H](OC)C2C[C@@H]4[C@@H]1[C@H]2OC(C)=O. The van der Waals surface area contributed by atoms with Gasteiger partial charge in [0.05, 0.1) is 31.0 Å². The summed E-state index contributed by atoms with van der Waals surface area (Å²) in [6, 6.07) is -0.478. The molecule has 9 heteroatoms. The van der Waals surface area contributed by atoms with Gasteiger partial charge in [-0.1, -0.05) is 6.92 Å². The highest BCUT2D eigenvalue weighted by molar-refractivity contribution is 5.66. The Labute approximate surface area is 207 Å². The van der Waals surface area contributed by atoms with Crippen LogP contribution in [0.4, 0.5) is 0 Å². The second-order valence-electron chi connectivity index (χ2n) is 12.3. The molecule has 6 aliphatic rings. The van der Waals surface area contributed by atoms with Crippen molar-refractivity contribution in [3.63, 3.8) is 0 Å². The molecule has 0 amide bonds. The molecule has 1 aliphatic heterocycles. The number of likely N-dealkylation sites (tertiary alicyclic amines) is 1. The van der Waals surface area contributed by atoms with Crippen molar-refractivity contribution in [1.29, 1.82) is 0 Å². The van der Waals surface area contributed by atoms with E-state index in [1.54, 1.807) is 21.3 Å². The Kier molecular flexibility index (Phi) is 5.34. The van der Waals surface area contributed by atoms with E-state index >= 15 is 0 Å². The Hall–Kier alpha value is -0.810. The Morgan fingerprint density at radius 3 is 2.51 bits per heavy atom. The number of methoxy groups -OCH3 is 3. The first-order valence-corrected chi connectivity index (χ1v) is 13.2. The van der Waals surface area contributed by atoms with Crippen molar-refractivity contribution in [2.75, 3.05) is 41.0 Å². The van der Waals surface area contributed by atoms with Crippen LogP contribution >= 0.6 is 0 Å². The average Bonchev–Trinajstić information content (AvgIpc) is 3.21. The van der Waals surface area contributed by atoms with Crippen molar-refractivity contribution in [3.8, 4) is 0 Å². The van der Waals surface area contributed by atoms with Crippen molar-refractivity contribution in [1.82, 2.24) is 4.90 Å². The summed E-state index contributed by atoms with van der Waals surface area (Å²) in [4.78, 5) is 14.5. The molecule has 6 rings (SSSR count). The molecule has 3 N–H and O–H groups in total. The van der Waals surface area contributed by atoms with Gasteiger partial charge in [-0.05, 0) is 31.7 Å². The first kappa shape index (κ1) is 24.5. The summed E-state index contributed by atoms with van der Waals surface area (Å²) in [7, 11) is 4.93. The monoisotopic (exact) mass is 495 g/mol. The van der Waals surface area contributed by atoms with E-state index in [1.165, 1.54) is 6.92 Å². The number of rotatable bonds is 6. The van der Waals surface area contributed by atoms with E-state index in [-0.39, 0.29) is 35.7 Å². The van der Waals surface area contributed by atoms with Crippen LogP contribution in [0.1, 0.15) is 39.5 Å². The summed E-state index contributed by atoms with van der Waals surface area (Å²) in [5, 5.41) is 37.7. The van der Waals surface area contributed by atoms with Crippen molar-refractivity contribution < 1.29 is 39.1 Å². The maximum Gasteiger partial charge on any atom is 0.302 e. The smallest absolute Gasteiger partial charge is 0.302 e. The van der Waals surface area contributed by atoms with E-state index in [2.05, 4.69) is 11.8 Å². The molecule has 13 atom stereocenters. The highest BCUT2D eigenvalue weighted by atomic mass is 16.6. The molecule has 198 valence electrons. The van der Waals surface area contributed by atoms with E-state index in [9.17, 15) is 20.1 Å². The highest BCUT2D eigenvalue weighted by Gasteiger charge is 2.91. The van der Waals surface area contributed by atoms with Crippen LogP contribution in [0.15, 0.2) is 0 Å². The maximum atomic E-state index is 13.0. The van der Waals surface area contributed by atoms with E-state index in [0.717, 1.165) is 13.0 Å². The second kappa shape index (κ2) is 7.62. The number of likely N-dealkylation sites (N-methyl/N-ethyl adjacent to an activating group) is 1. The first-order valence-electron chi connectivity index (χ1n) is 13.2. The van der Waals surface area contributed by atoms with Gasteiger partial charge in [0.2, 0.25) is 0 Å². The molecule has 1 spiro atoms. The number of hydrogen-bond acceptors (Lipinski definition) is 9. The van der Waals surface area contributed by atoms with Gasteiger partial charge in [0, 0.05) is 69.8 Å². The lowest BCUT2D eigenvalue weighted by atomic mass is 9.42. The van der Waals surface area contributed by atoms with Gasteiger partial charge < -0.3 is 34.3 Å². The lowest BCUT2D eigenvalue weighted by Gasteiger charge is -2.69. The number of ether oxygens (including phenoxy) is 4. The van der Waals surface area contributed by atoms with Gasteiger partial charge in [-0.3, -0.25) is 9.69 Å². The Balaban J connectivity index is 1.65. The lowest BCUT2D eigenvalue weighted by Crippen LogP contribution is -2.82. The molecule has 0 aromatic heterocycles. The summed E-state index contributed by atoms with van der Waals surface area (Å²) in [5.74, 6) is -1.35. The fourth-order valence-electron chi connectivity index (χ4n) is 11.0. The van der Waals surface area contributed by atoms with Crippen LogP contribution in [0, 0.1) is 34.5 Å². The number of aliphatic hydroxyl groups is 3. The largest absolute Gasteiger partial charge is 0.462 e. The molecule has 0 radical (unpaired) electrons. The number of esters is 1. The standard InChI is InChI=1S/C26H41NO8/c1-6-27-11-23(12-32-3)8-7-17(29)25-15-9-14-16(33-4)10-24(30,18(15)19(14)35-13(2)28)26(31,22(25)27)21(34-5)20(23)25/h14-22,29-31H,6-12H2,1-5H3/t14?,15-,16+,17+,18-,19+,20-,21+,22?,23+,24-,25+,26+/m1/s1. The normalized spacial score (nSPS) is 57.9. The predicted molar refractivity (Wildman–Crippen MR) is 123 cm³/mol. The molecule has 0 aromatic rings. The van der Waals surface area contributed by atoms with Crippen LogP contribution in [-0.4, -0.2) is 109 Å². The van der Waals surface area contributed by atoms with Crippen LogP contribution < -0.4 is 0 Å². The number of hydrogen-bond donors (Lipinski definition) is 3. The zero-order valence-corrected chi connectivity index (χ0v) is 21.5. The van der Waals surface area contributed by atoms with Gasteiger partial charge in [0.15, 0.2) is 0 Å². The quantitative estimate of drug-likeness (QED) is 0.444. The molecule has 35 heavy (non-hydrogen) atoms.